The van der Waals surface area contributed by atoms with Crippen LogP contribution in [0, 0.1) is 5.92 Å². The fourth-order valence-corrected chi connectivity index (χ4v) is 3.74. The standard InChI is InChI=1S/C16H27N3O2S/c1-4-13-9-17-15(22-13)11(2)18-16(21)19(3)10-12-7-5-6-8-14(12)20/h9,11-12,14,20H,4-8,10H2,1-3H3,(H,18,21)/t11-,12-,14+/m0/s1. The number of nitrogens with zero attached hydrogens (tertiary/aromatic N) is 2. The van der Waals surface area contributed by atoms with Crippen LogP contribution in [-0.2, 0) is 6.42 Å². The second-order valence-electron chi connectivity index (χ2n) is 6.18. The van der Waals surface area contributed by atoms with Gasteiger partial charge in [-0.15, -0.1) is 11.3 Å². The first-order valence-electron chi connectivity index (χ1n) is 8.15. The number of aromatic nitrogens is 1. The van der Waals surface area contributed by atoms with Crippen molar-refractivity contribution in [2.75, 3.05) is 13.6 Å². The number of thiazole rings is 1. The van der Waals surface area contributed by atoms with E-state index in [2.05, 4.69) is 17.2 Å². The molecule has 0 aromatic carbocycles. The van der Waals surface area contributed by atoms with Gasteiger partial charge in [-0.3, -0.25) is 0 Å². The van der Waals surface area contributed by atoms with Crippen molar-refractivity contribution in [2.24, 2.45) is 5.92 Å². The van der Waals surface area contributed by atoms with E-state index in [0.717, 1.165) is 37.1 Å². The van der Waals surface area contributed by atoms with Gasteiger partial charge in [-0.2, -0.15) is 0 Å². The highest BCUT2D eigenvalue weighted by Gasteiger charge is 2.26. The molecule has 1 saturated carbocycles. The summed E-state index contributed by atoms with van der Waals surface area (Å²) < 4.78 is 0. The van der Waals surface area contributed by atoms with Crippen molar-refractivity contribution >= 4 is 17.4 Å². The number of nitrogens with one attached hydrogen (secondary N) is 1. The summed E-state index contributed by atoms with van der Waals surface area (Å²) in [5, 5.41) is 14.0. The molecule has 0 bridgehead atoms. The van der Waals surface area contributed by atoms with E-state index in [1.54, 1.807) is 23.3 Å². The summed E-state index contributed by atoms with van der Waals surface area (Å²) in [5.41, 5.74) is 0. The minimum absolute atomic E-state index is 0.0865. The predicted molar refractivity (Wildman–Crippen MR) is 89.0 cm³/mol. The van der Waals surface area contributed by atoms with Crippen LogP contribution < -0.4 is 5.32 Å². The molecular formula is C16H27N3O2S. The van der Waals surface area contributed by atoms with E-state index in [-0.39, 0.29) is 24.1 Å². The van der Waals surface area contributed by atoms with Gasteiger partial charge < -0.3 is 15.3 Å². The van der Waals surface area contributed by atoms with Gasteiger partial charge in [0.2, 0.25) is 0 Å². The number of aryl methyl sites for hydroxylation is 1. The van der Waals surface area contributed by atoms with Crippen LogP contribution in [0.5, 0.6) is 0 Å². The lowest BCUT2D eigenvalue weighted by Gasteiger charge is -2.31. The molecule has 2 rings (SSSR count). The molecule has 0 unspecified atom stereocenters. The first-order valence-corrected chi connectivity index (χ1v) is 8.97. The maximum absolute atomic E-state index is 12.3. The van der Waals surface area contributed by atoms with Gasteiger partial charge in [0.05, 0.1) is 12.1 Å². The number of aliphatic hydroxyl groups excluding tert-OH is 1. The van der Waals surface area contributed by atoms with E-state index in [1.807, 2.05) is 13.1 Å². The summed E-state index contributed by atoms with van der Waals surface area (Å²) in [6, 6.07) is -0.185. The Morgan fingerprint density at radius 2 is 2.27 bits per heavy atom. The summed E-state index contributed by atoms with van der Waals surface area (Å²) >= 11 is 1.65. The summed E-state index contributed by atoms with van der Waals surface area (Å²) in [4.78, 5) is 19.6. The van der Waals surface area contributed by atoms with Crippen molar-refractivity contribution in [1.82, 2.24) is 15.2 Å². The quantitative estimate of drug-likeness (QED) is 0.875. The van der Waals surface area contributed by atoms with Crippen molar-refractivity contribution in [3.8, 4) is 0 Å². The zero-order valence-electron chi connectivity index (χ0n) is 13.7. The SMILES string of the molecule is CCc1cnc([C@H](C)NC(=O)N(C)C[C@@H]2CCCC[C@H]2O)s1. The van der Waals surface area contributed by atoms with Gasteiger partial charge >= 0.3 is 6.03 Å². The number of carbonyl (C=O) groups is 1. The maximum atomic E-state index is 12.3. The van der Waals surface area contributed by atoms with Gasteiger partial charge in [0, 0.05) is 30.6 Å². The fraction of sp³-hybridized carbons (Fsp3) is 0.750. The Balaban J connectivity index is 1.84. The monoisotopic (exact) mass is 325 g/mol. The van der Waals surface area contributed by atoms with Gasteiger partial charge in [-0.25, -0.2) is 9.78 Å². The number of amides is 2. The van der Waals surface area contributed by atoms with Crippen molar-refractivity contribution in [3.63, 3.8) is 0 Å². The Bertz CT molecular complexity index is 491. The number of carbonyl (C=O) groups excluding carboxylic acids is 1. The van der Waals surface area contributed by atoms with Crippen LogP contribution in [-0.4, -0.2) is 40.7 Å². The minimum Gasteiger partial charge on any atom is -0.393 e. The molecule has 1 aromatic heterocycles. The predicted octanol–water partition coefficient (Wildman–Crippen LogP) is 2.96. The third-order valence-electron chi connectivity index (χ3n) is 4.35. The van der Waals surface area contributed by atoms with Crippen molar-refractivity contribution in [3.05, 3.63) is 16.1 Å². The Hall–Kier alpha value is -1.14. The highest BCUT2D eigenvalue weighted by molar-refractivity contribution is 7.11. The lowest BCUT2D eigenvalue weighted by molar-refractivity contribution is 0.0563. The van der Waals surface area contributed by atoms with Gasteiger partial charge in [0.25, 0.3) is 0 Å². The number of rotatable bonds is 5. The van der Waals surface area contributed by atoms with Gasteiger partial charge in [0.15, 0.2) is 0 Å². The van der Waals surface area contributed by atoms with Crippen LogP contribution in [0.15, 0.2) is 6.20 Å². The van der Waals surface area contributed by atoms with Crippen LogP contribution >= 0.6 is 11.3 Å². The molecule has 124 valence electrons. The number of hydrogen-bond donors (Lipinski definition) is 2. The van der Waals surface area contributed by atoms with Gasteiger partial charge in [-0.1, -0.05) is 19.8 Å². The Labute approximate surface area is 136 Å². The Morgan fingerprint density at radius 1 is 1.55 bits per heavy atom. The van der Waals surface area contributed by atoms with E-state index in [0.29, 0.717) is 6.54 Å². The topological polar surface area (TPSA) is 65.5 Å². The number of hydrogen-bond acceptors (Lipinski definition) is 4. The third-order valence-corrected chi connectivity index (χ3v) is 5.68. The Morgan fingerprint density at radius 3 is 2.91 bits per heavy atom. The van der Waals surface area contributed by atoms with Crippen LogP contribution in [0.4, 0.5) is 4.79 Å². The smallest absolute Gasteiger partial charge is 0.317 e. The molecule has 5 nitrogen and oxygen atoms in total. The summed E-state index contributed by atoms with van der Waals surface area (Å²) in [7, 11) is 1.79. The molecule has 22 heavy (non-hydrogen) atoms. The first kappa shape index (κ1) is 17.2. The zero-order chi connectivity index (χ0) is 16.1. The second kappa shape index (κ2) is 7.92. The van der Waals surface area contributed by atoms with E-state index >= 15 is 0 Å². The molecule has 0 saturated heterocycles. The highest BCUT2D eigenvalue weighted by atomic mass is 32.1. The molecule has 0 spiro atoms. The minimum atomic E-state index is -0.271. The highest BCUT2D eigenvalue weighted by Crippen LogP contribution is 2.25. The van der Waals surface area contributed by atoms with Crippen LogP contribution in [0.3, 0.4) is 0 Å². The lowest BCUT2D eigenvalue weighted by atomic mass is 9.86. The summed E-state index contributed by atoms with van der Waals surface area (Å²) in [6.45, 7) is 4.67. The zero-order valence-corrected chi connectivity index (χ0v) is 14.5. The third kappa shape index (κ3) is 4.43. The molecule has 1 aromatic rings. The molecule has 2 N–H and O–H groups in total. The molecule has 2 amide bonds. The lowest BCUT2D eigenvalue weighted by Crippen LogP contribution is -2.43. The van der Waals surface area contributed by atoms with E-state index in [1.165, 1.54) is 4.88 Å². The first-order chi connectivity index (χ1) is 10.5. The Kier molecular flexibility index (Phi) is 6.20. The van der Waals surface area contributed by atoms with E-state index < -0.39 is 0 Å². The largest absolute Gasteiger partial charge is 0.393 e. The molecule has 1 aliphatic carbocycles. The van der Waals surface area contributed by atoms with Crippen molar-refractivity contribution in [1.29, 1.82) is 0 Å². The number of urea groups is 1. The van der Waals surface area contributed by atoms with Crippen molar-refractivity contribution < 1.29 is 9.90 Å². The maximum Gasteiger partial charge on any atom is 0.317 e. The van der Waals surface area contributed by atoms with E-state index in [4.69, 9.17) is 0 Å². The fourth-order valence-electron chi connectivity index (χ4n) is 2.88. The van der Waals surface area contributed by atoms with Crippen LogP contribution in [0.2, 0.25) is 0 Å². The summed E-state index contributed by atoms with van der Waals surface area (Å²) in [5.74, 6) is 0.200. The second-order valence-corrected chi connectivity index (χ2v) is 7.33. The molecule has 0 aliphatic heterocycles. The molecule has 1 aliphatic rings. The molecule has 1 fully saturated rings. The molecule has 0 radical (unpaired) electrons. The van der Waals surface area contributed by atoms with Gasteiger partial charge in [-0.05, 0) is 26.2 Å². The van der Waals surface area contributed by atoms with E-state index in [9.17, 15) is 9.90 Å². The average molecular weight is 325 g/mol. The average Bonchev–Trinajstić information content (AvgIpc) is 2.98. The van der Waals surface area contributed by atoms with Crippen LogP contribution in [0.1, 0.15) is 55.5 Å². The molecule has 6 heteroatoms. The molecular weight excluding hydrogens is 298 g/mol. The summed E-state index contributed by atoms with van der Waals surface area (Å²) in [6.07, 6.45) is 6.67. The molecule has 3 atom stereocenters. The number of aliphatic hydroxyl groups is 1. The van der Waals surface area contributed by atoms with Crippen LogP contribution in [0.25, 0.3) is 0 Å². The normalized spacial score (nSPS) is 23.1. The molecule has 1 heterocycles. The van der Waals surface area contributed by atoms with Gasteiger partial charge in [0.1, 0.15) is 5.01 Å². The van der Waals surface area contributed by atoms with Crippen molar-refractivity contribution in [2.45, 2.75) is 58.1 Å².